The third-order valence-corrected chi connectivity index (χ3v) is 6.93. The summed E-state index contributed by atoms with van der Waals surface area (Å²) in [5, 5.41) is -0.666. The number of rotatable bonds is 2. The van der Waals surface area contributed by atoms with E-state index >= 15 is 0 Å². The van der Waals surface area contributed by atoms with Crippen LogP contribution in [0, 0.1) is 5.92 Å². The molecule has 1 fully saturated rings. The van der Waals surface area contributed by atoms with Gasteiger partial charge in [-0.25, -0.2) is 14.5 Å². The molecule has 3 heterocycles. The van der Waals surface area contributed by atoms with E-state index in [1.807, 2.05) is 0 Å². The van der Waals surface area contributed by atoms with Crippen molar-refractivity contribution >= 4 is 41.2 Å². The second-order valence-electron chi connectivity index (χ2n) is 7.27. The van der Waals surface area contributed by atoms with Crippen LogP contribution >= 0.6 is 11.8 Å². The number of nitrogens with two attached hydrogens (primary N) is 1. The normalized spacial score (nSPS) is 24.4. The minimum atomic E-state index is -0.862. The summed E-state index contributed by atoms with van der Waals surface area (Å²) in [4.78, 5) is 52.9. The number of ether oxygens (including phenoxy) is 2. The minimum absolute atomic E-state index is 0.0972. The summed E-state index contributed by atoms with van der Waals surface area (Å²) in [6.07, 6.45) is 0. The lowest BCUT2D eigenvalue weighted by Crippen LogP contribution is -2.39. The van der Waals surface area contributed by atoms with Crippen LogP contribution in [0.4, 0.5) is 5.69 Å². The Labute approximate surface area is 181 Å². The molecule has 0 bridgehead atoms. The van der Waals surface area contributed by atoms with Crippen molar-refractivity contribution in [2.75, 3.05) is 12.0 Å². The average Bonchev–Trinajstić information content (AvgIpc) is 3.02. The number of carbonyl (C=O) groups excluding carboxylic acids is 4. The van der Waals surface area contributed by atoms with Gasteiger partial charge in [0.05, 0.1) is 34.9 Å². The van der Waals surface area contributed by atoms with Crippen molar-refractivity contribution in [2.24, 2.45) is 11.7 Å². The van der Waals surface area contributed by atoms with Crippen molar-refractivity contribution in [3.05, 3.63) is 70.3 Å². The van der Waals surface area contributed by atoms with Gasteiger partial charge in [-0.1, -0.05) is 42.1 Å². The fraction of sp³-hybridized carbons (Fsp3) is 0.182. The van der Waals surface area contributed by atoms with Gasteiger partial charge in [0.25, 0.3) is 0 Å². The summed E-state index contributed by atoms with van der Waals surface area (Å²) < 4.78 is 10.2. The number of hydrogen-bond donors (Lipinski definition) is 1. The van der Waals surface area contributed by atoms with Crippen molar-refractivity contribution in [3.63, 3.8) is 0 Å². The summed E-state index contributed by atoms with van der Waals surface area (Å²) in [5.74, 6) is -3.51. The maximum absolute atomic E-state index is 13.6. The molecule has 2 amide bonds. The molecule has 0 spiro atoms. The van der Waals surface area contributed by atoms with E-state index in [1.165, 1.54) is 19.2 Å². The molecule has 31 heavy (non-hydrogen) atoms. The number of anilines is 1. The molecule has 3 aliphatic heterocycles. The van der Waals surface area contributed by atoms with Gasteiger partial charge < -0.3 is 15.2 Å². The Morgan fingerprint density at radius 3 is 2.55 bits per heavy atom. The number of imide groups is 1. The van der Waals surface area contributed by atoms with E-state index in [4.69, 9.17) is 15.2 Å². The van der Waals surface area contributed by atoms with Gasteiger partial charge in [-0.2, -0.15) is 0 Å². The molecule has 2 aromatic rings. The van der Waals surface area contributed by atoms with Crippen LogP contribution in [0.25, 0.3) is 0 Å². The van der Waals surface area contributed by atoms with E-state index in [1.54, 1.807) is 36.4 Å². The van der Waals surface area contributed by atoms with Crippen LogP contribution in [-0.4, -0.2) is 36.1 Å². The minimum Gasteiger partial charge on any atom is -0.465 e. The number of esters is 2. The monoisotopic (exact) mass is 436 g/mol. The van der Waals surface area contributed by atoms with Gasteiger partial charge in [0, 0.05) is 11.5 Å². The van der Waals surface area contributed by atoms with Gasteiger partial charge in [0.15, 0.2) is 0 Å². The molecule has 2 aromatic carbocycles. The summed E-state index contributed by atoms with van der Waals surface area (Å²) >= 11 is 0.980. The zero-order valence-electron chi connectivity index (χ0n) is 16.2. The van der Waals surface area contributed by atoms with Crippen molar-refractivity contribution < 1.29 is 28.7 Å². The molecule has 156 valence electrons. The number of amides is 2. The molecule has 1 saturated heterocycles. The first-order valence-electron chi connectivity index (χ1n) is 9.46. The molecule has 8 nitrogen and oxygen atoms in total. The molecule has 3 unspecified atom stereocenters. The highest BCUT2D eigenvalue weighted by atomic mass is 32.2. The van der Waals surface area contributed by atoms with Gasteiger partial charge in [0.2, 0.25) is 11.8 Å². The second kappa shape index (κ2) is 6.98. The van der Waals surface area contributed by atoms with Crippen molar-refractivity contribution in [3.8, 4) is 5.75 Å². The van der Waals surface area contributed by atoms with E-state index in [0.717, 1.165) is 16.7 Å². The Morgan fingerprint density at radius 2 is 1.77 bits per heavy atom. The Kier molecular flexibility index (Phi) is 4.37. The zero-order chi connectivity index (χ0) is 21.9. The second-order valence-corrected chi connectivity index (χ2v) is 8.45. The predicted molar refractivity (Wildman–Crippen MR) is 111 cm³/mol. The maximum Gasteiger partial charge on any atom is 0.342 e. The predicted octanol–water partition coefficient (Wildman–Crippen LogP) is 1.95. The molecule has 9 heteroatoms. The molecule has 3 aliphatic rings. The van der Waals surface area contributed by atoms with Gasteiger partial charge in [-0.15, -0.1) is 0 Å². The first-order valence-corrected chi connectivity index (χ1v) is 10.3. The largest absolute Gasteiger partial charge is 0.465 e. The number of methoxy groups -OCH3 is 1. The lowest BCUT2D eigenvalue weighted by atomic mass is 9.77. The van der Waals surface area contributed by atoms with Gasteiger partial charge in [0.1, 0.15) is 11.0 Å². The average molecular weight is 436 g/mol. The molecule has 0 radical (unpaired) electrons. The van der Waals surface area contributed by atoms with Crippen LogP contribution in [0.5, 0.6) is 5.75 Å². The first-order chi connectivity index (χ1) is 14.9. The number of hydrogen-bond acceptors (Lipinski definition) is 8. The van der Waals surface area contributed by atoms with Crippen LogP contribution in [0.2, 0.25) is 0 Å². The van der Waals surface area contributed by atoms with E-state index in [0.29, 0.717) is 11.3 Å². The van der Waals surface area contributed by atoms with Crippen LogP contribution in [0.1, 0.15) is 21.8 Å². The quantitative estimate of drug-likeness (QED) is 0.431. The number of carbonyl (C=O) groups is 4. The van der Waals surface area contributed by atoms with E-state index < -0.39 is 40.8 Å². The fourth-order valence-electron chi connectivity index (χ4n) is 4.39. The molecular formula is C22H16N2O6S. The molecule has 3 atom stereocenters. The van der Waals surface area contributed by atoms with Crippen LogP contribution in [0.15, 0.2) is 59.1 Å². The number of nitrogens with zero attached hydrogens (tertiary/aromatic N) is 1. The van der Waals surface area contributed by atoms with E-state index in [2.05, 4.69) is 0 Å². The Morgan fingerprint density at radius 1 is 1.06 bits per heavy atom. The SMILES string of the molecule is COC(=O)c1ccccc1N1C(=O)C2SC(N)=C3C(=O)Oc4ccccc4C3C2C1=O. The third-order valence-electron chi connectivity index (χ3n) is 5.71. The Balaban J connectivity index is 1.66. The number of benzene rings is 2. The summed E-state index contributed by atoms with van der Waals surface area (Å²) in [5.41, 5.74) is 7.23. The highest BCUT2D eigenvalue weighted by Gasteiger charge is 2.59. The van der Waals surface area contributed by atoms with Crippen LogP contribution in [-0.2, 0) is 19.1 Å². The lowest BCUT2D eigenvalue weighted by Gasteiger charge is -2.36. The molecule has 0 aromatic heterocycles. The highest BCUT2D eigenvalue weighted by molar-refractivity contribution is 8.04. The van der Waals surface area contributed by atoms with E-state index in [-0.39, 0.29) is 21.9 Å². The topological polar surface area (TPSA) is 116 Å². The van der Waals surface area contributed by atoms with Gasteiger partial charge in [-0.05, 0) is 18.2 Å². The number of fused-ring (bicyclic) bond motifs is 5. The summed E-state index contributed by atoms with van der Waals surface area (Å²) in [6, 6.07) is 13.1. The summed E-state index contributed by atoms with van der Waals surface area (Å²) in [6.45, 7) is 0. The molecule has 0 saturated carbocycles. The van der Waals surface area contributed by atoms with Crippen molar-refractivity contribution in [2.45, 2.75) is 11.2 Å². The van der Waals surface area contributed by atoms with Crippen molar-refractivity contribution in [1.82, 2.24) is 0 Å². The lowest BCUT2D eigenvalue weighted by molar-refractivity contribution is -0.131. The zero-order valence-corrected chi connectivity index (χ0v) is 17.0. The summed E-state index contributed by atoms with van der Waals surface area (Å²) in [7, 11) is 1.23. The van der Waals surface area contributed by atoms with E-state index in [9.17, 15) is 19.2 Å². The third kappa shape index (κ3) is 2.70. The Hall–Kier alpha value is -3.59. The Bertz CT molecular complexity index is 1210. The number of para-hydroxylation sites is 2. The molecular weight excluding hydrogens is 420 g/mol. The molecule has 5 rings (SSSR count). The van der Waals surface area contributed by atoms with Gasteiger partial charge in [-0.3, -0.25) is 9.59 Å². The first kappa shape index (κ1) is 19.4. The highest BCUT2D eigenvalue weighted by Crippen LogP contribution is 2.54. The number of thioether (sulfide) groups is 1. The van der Waals surface area contributed by atoms with Gasteiger partial charge >= 0.3 is 11.9 Å². The standard InChI is InChI=1S/C22H16N2O6S/c1-29-21(27)10-6-2-4-8-12(10)24-19(25)15-14-11-7-3-5-9-13(11)30-22(28)16(14)18(23)31-17(15)20(24)26/h2-9,14-15,17H,23H2,1H3. The molecule has 0 aliphatic carbocycles. The van der Waals surface area contributed by atoms with Crippen molar-refractivity contribution in [1.29, 1.82) is 0 Å². The van der Waals surface area contributed by atoms with Crippen LogP contribution < -0.4 is 15.4 Å². The fourth-order valence-corrected chi connectivity index (χ4v) is 5.63. The smallest absolute Gasteiger partial charge is 0.342 e. The maximum atomic E-state index is 13.6. The molecule has 2 N–H and O–H groups in total. The van der Waals surface area contributed by atoms with Crippen LogP contribution in [0.3, 0.4) is 0 Å².